The van der Waals surface area contributed by atoms with Gasteiger partial charge in [0.25, 0.3) is 5.91 Å². The van der Waals surface area contributed by atoms with Gasteiger partial charge in [-0.1, -0.05) is 0 Å². The van der Waals surface area contributed by atoms with E-state index in [9.17, 15) is 9.18 Å². The van der Waals surface area contributed by atoms with Gasteiger partial charge in [0.2, 0.25) is 0 Å². The van der Waals surface area contributed by atoms with Crippen LogP contribution in [0.5, 0.6) is 0 Å². The molecule has 1 saturated heterocycles. The molecule has 0 saturated carbocycles. The number of amides is 1. The molecule has 1 atom stereocenters. The zero-order valence-electron chi connectivity index (χ0n) is 8.37. The lowest BCUT2D eigenvalue weighted by Gasteiger charge is -2.10. The molecule has 2 heterocycles. The van der Waals surface area contributed by atoms with Crippen molar-refractivity contribution in [3.8, 4) is 0 Å². The molecule has 2 rings (SSSR count). The minimum Gasteiger partial charge on any atom is -0.368 e. The second-order valence-electron chi connectivity index (χ2n) is 3.45. The quantitative estimate of drug-likeness (QED) is 0.840. The van der Waals surface area contributed by atoms with Crippen molar-refractivity contribution in [3.05, 3.63) is 21.7 Å². The summed E-state index contributed by atoms with van der Waals surface area (Å²) in [5.74, 6) is -0.396. The van der Waals surface area contributed by atoms with Crippen molar-refractivity contribution in [2.75, 3.05) is 11.9 Å². The predicted octanol–water partition coefficient (Wildman–Crippen LogP) is 1.94. The Morgan fingerprint density at radius 3 is 3.19 bits per heavy atom. The number of anilines is 1. The Morgan fingerprint density at radius 2 is 2.50 bits per heavy atom. The number of pyridine rings is 1. The van der Waals surface area contributed by atoms with Crippen molar-refractivity contribution in [2.24, 2.45) is 0 Å². The standard InChI is InChI=1S/C10H10FIN2O2/c11-6-3-4-13-9(8(6)12)14-10(15)7-2-1-5-16-7/h3-4,7H,1-2,5H2,(H,13,14,15). The van der Waals surface area contributed by atoms with Crippen molar-refractivity contribution in [1.29, 1.82) is 0 Å². The molecule has 1 N–H and O–H groups in total. The van der Waals surface area contributed by atoms with E-state index in [0.717, 1.165) is 6.42 Å². The fourth-order valence-electron chi connectivity index (χ4n) is 1.49. The molecule has 1 aliphatic heterocycles. The molecule has 0 bridgehead atoms. The lowest BCUT2D eigenvalue weighted by atomic mass is 10.2. The number of carbonyl (C=O) groups excluding carboxylic acids is 1. The highest BCUT2D eigenvalue weighted by atomic mass is 127. The average Bonchev–Trinajstić information content (AvgIpc) is 2.78. The first-order chi connectivity index (χ1) is 7.68. The van der Waals surface area contributed by atoms with Crippen LogP contribution in [0.4, 0.5) is 10.2 Å². The number of hydrogen-bond donors (Lipinski definition) is 1. The van der Waals surface area contributed by atoms with Gasteiger partial charge in [-0.05, 0) is 41.5 Å². The monoisotopic (exact) mass is 336 g/mol. The van der Waals surface area contributed by atoms with Crippen LogP contribution in [0.3, 0.4) is 0 Å². The number of rotatable bonds is 2. The number of aromatic nitrogens is 1. The molecule has 0 radical (unpaired) electrons. The Kier molecular flexibility index (Phi) is 3.70. The first-order valence-electron chi connectivity index (χ1n) is 4.91. The van der Waals surface area contributed by atoms with Crippen LogP contribution in [-0.2, 0) is 9.53 Å². The van der Waals surface area contributed by atoms with E-state index in [1.807, 2.05) is 22.6 Å². The Bertz CT molecular complexity index is 408. The summed E-state index contributed by atoms with van der Waals surface area (Å²) in [6, 6.07) is 1.25. The maximum atomic E-state index is 13.2. The maximum absolute atomic E-state index is 13.2. The topological polar surface area (TPSA) is 51.2 Å². The van der Waals surface area contributed by atoms with Crippen LogP contribution in [0.15, 0.2) is 12.3 Å². The van der Waals surface area contributed by atoms with E-state index in [-0.39, 0.29) is 11.7 Å². The smallest absolute Gasteiger partial charge is 0.254 e. The molecule has 1 aromatic rings. The summed E-state index contributed by atoms with van der Waals surface area (Å²) in [5.41, 5.74) is 0. The van der Waals surface area contributed by atoms with Crippen LogP contribution >= 0.6 is 22.6 Å². The van der Waals surface area contributed by atoms with E-state index < -0.39 is 11.9 Å². The highest BCUT2D eigenvalue weighted by Gasteiger charge is 2.24. The first-order valence-corrected chi connectivity index (χ1v) is 5.99. The molecule has 1 amide bonds. The van der Waals surface area contributed by atoms with Crippen LogP contribution in [0.2, 0.25) is 0 Å². The van der Waals surface area contributed by atoms with Crippen LogP contribution in [0.1, 0.15) is 12.8 Å². The van der Waals surface area contributed by atoms with Gasteiger partial charge >= 0.3 is 0 Å². The molecule has 1 unspecified atom stereocenters. The molecule has 1 aromatic heterocycles. The van der Waals surface area contributed by atoms with Gasteiger partial charge in [0.05, 0.1) is 3.57 Å². The Balaban J connectivity index is 2.08. The third kappa shape index (κ3) is 2.49. The summed E-state index contributed by atoms with van der Waals surface area (Å²) in [6.45, 7) is 0.603. The van der Waals surface area contributed by atoms with Crippen molar-refractivity contribution >= 4 is 34.3 Å². The highest BCUT2D eigenvalue weighted by Crippen LogP contribution is 2.20. The maximum Gasteiger partial charge on any atom is 0.254 e. The zero-order chi connectivity index (χ0) is 11.5. The Morgan fingerprint density at radius 1 is 1.69 bits per heavy atom. The second-order valence-corrected chi connectivity index (χ2v) is 4.53. The van der Waals surface area contributed by atoms with Gasteiger partial charge in [0, 0.05) is 12.8 Å². The van der Waals surface area contributed by atoms with Crippen LogP contribution in [0, 0.1) is 9.39 Å². The van der Waals surface area contributed by atoms with Gasteiger partial charge in [0.1, 0.15) is 17.7 Å². The van der Waals surface area contributed by atoms with Crippen LogP contribution in [0.25, 0.3) is 0 Å². The van der Waals surface area contributed by atoms with Crippen LogP contribution < -0.4 is 5.32 Å². The molecule has 16 heavy (non-hydrogen) atoms. The molecule has 1 aliphatic rings. The van der Waals surface area contributed by atoms with Crippen LogP contribution in [-0.4, -0.2) is 23.6 Å². The Labute approximate surface area is 106 Å². The SMILES string of the molecule is O=C(Nc1nccc(F)c1I)C1CCCO1. The lowest BCUT2D eigenvalue weighted by Crippen LogP contribution is -2.27. The summed E-state index contributed by atoms with van der Waals surface area (Å²) in [7, 11) is 0. The number of nitrogens with one attached hydrogen (secondary N) is 1. The summed E-state index contributed by atoms with van der Waals surface area (Å²) in [5, 5.41) is 2.57. The molecular weight excluding hydrogens is 326 g/mol. The minimum absolute atomic E-state index is 0.251. The van der Waals surface area contributed by atoms with Gasteiger partial charge in [0.15, 0.2) is 0 Å². The van der Waals surface area contributed by atoms with E-state index in [1.54, 1.807) is 0 Å². The summed E-state index contributed by atoms with van der Waals surface area (Å²) in [4.78, 5) is 15.6. The van der Waals surface area contributed by atoms with E-state index in [1.165, 1.54) is 12.3 Å². The van der Waals surface area contributed by atoms with Crippen molar-refractivity contribution in [2.45, 2.75) is 18.9 Å². The molecule has 1 fully saturated rings. The van der Waals surface area contributed by atoms with E-state index >= 15 is 0 Å². The van der Waals surface area contributed by atoms with Gasteiger partial charge in [-0.15, -0.1) is 0 Å². The normalized spacial score (nSPS) is 19.8. The number of nitrogens with zero attached hydrogens (tertiary/aromatic N) is 1. The lowest BCUT2D eigenvalue weighted by molar-refractivity contribution is -0.124. The van der Waals surface area contributed by atoms with Crippen molar-refractivity contribution in [1.82, 2.24) is 4.98 Å². The molecule has 86 valence electrons. The van der Waals surface area contributed by atoms with E-state index in [2.05, 4.69) is 10.3 Å². The van der Waals surface area contributed by atoms with Gasteiger partial charge < -0.3 is 10.1 Å². The fraction of sp³-hybridized carbons (Fsp3) is 0.400. The largest absolute Gasteiger partial charge is 0.368 e. The number of hydrogen-bond acceptors (Lipinski definition) is 3. The third-order valence-electron chi connectivity index (χ3n) is 2.31. The molecule has 4 nitrogen and oxygen atoms in total. The summed E-state index contributed by atoms with van der Waals surface area (Å²) < 4.78 is 18.7. The van der Waals surface area contributed by atoms with E-state index in [0.29, 0.717) is 16.6 Å². The van der Waals surface area contributed by atoms with Gasteiger partial charge in [-0.2, -0.15) is 0 Å². The minimum atomic E-state index is -0.430. The van der Waals surface area contributed by atoms with Crippen molar-refractivity contribution in [3.63, 3.8) is 0 Å². The van der Waals surface area contributed by atoms with Gasteiger partial charge in [-0.25, -0.2) is 9.37 Å². The number of halogens is 2. The number of ether oxygens (including phenoxy) is 1. The number of carbonyl (C=O) groups is 1. The van der Waals surface area contributed by atoms with Crippen molar-refractivity contribution < 1.29 is 13.9 Å². The molecule has 0 spiro atoms. The average molecular weight is 336 g/mol. The first kappa shape index (κ1) is 11.7. The summed E-state index contributed by atoms with van der Waals surface area (Å²) in [6.07, 6.45) is 2.48. The second kappa shape index (κ2) is 5.05. The molecule has 6 heteroatoms. The predicted molar refractivity (Wildman–Crippen MR) is 64.5 cm³/mol. The molecule has 0 aromatic carbocycles. The Hall–Kier alpha value is -0.760. The molecular formula is C10H10FIN2O2. The fourth-order valence-corrected chi connectivity index (χ4v) is 1.94. The van der Waals surface area contributed by atoms with E-state index in [4.69, 9.17) is 4.74 Å². The summed E-state index contributed by atoms with van der Waals surface area (Å²) >= 11 is 1.81. The highest BCUT2D eigenvalue weighted by molar-refractivity contribution is 14.1. The molecule has 0 aliphatic carbocycles. The zero-order valence-corrected chi connectivity index (χ0v) is 10.5. The van der Waals surface area contributed by atoms with Gasteiger partial charge in [-0.3, -0.25) is 4.79 Å². The third-order valence-corrected chi connectivity index (χ3v) is 3.33.